The van der Waals surface area contributed by atoms with Crippen LogP contribution in [0.15, 0.2) is 47.4 Å². The summed E-state index contributed by atoms with van der Waals surface area (Å²) in [6.45, 7) is 1.58. The first-order chi connectivity index (χ1) is 11.1. The van der Waals surface area contributed by atoms with E-state index in [0.717, 1.165) is 36.7 Å². The predicted octanol–water partition coefficient (Wildman–Crippen LogP) is 1.57. The van der Waals surface area contributed by atoms with E-state index < -0.39 is 10.0 Å². The summed E-state index contributed by atoms with van der Waals surface area (Å²) in [4.78, 5) is 0.295. The van der Waals surface area contributed by atoms with Gasteiger partial charge >= 0.3 is 0 Å². The Morgan fingerprint density at radius 3 is 2.48 bits per heavy atom. The molecule has 0 atom stereocenters. The van der Waals surface area contributed by atoms with Crippen LogP contribution in [0.3, 0.4) is 0 Å². The molecule has 3 rings (SSSR count). The molecular formula is C17H22N2O3S. The molecule has 1 saturated heterocycles. The van der Waals surface area contributed by atoms with E-state index in [0.29, 0.717) is 4.90 Å². The molecule has 6 heteroatoms. The summed E-state index contributed by atoms with van der Waals surface area (Å²) in [5, 5.41) is 14.5. The van der Waals surface area contributed by atoms with Crippen LogP contribution in [-0.4, -0.2) is 50.1 Å². The largest absolute Gasteiger partial charge is 0.395 e. The molecule has 0 aliphatic carbocycles. The van der Waals surface area contributed by atoms with Crippen LogP contribution in [0.25, 0.3) is 10.8 Å². The van der Waals surface area contributed by atoms with Gasteiger partial charge in [0.2, 0.25) is 10.0 Å². The van der Waals surface area contributed by atoms with E-state index in [-0.39, 0.29) is 19.2 Å². The average Bonchev–Trinajstić information content (AvgIpc) is 2.60. The van der Waals surface area contributed by atoms with Crippen LogP contribution in [0, 0.1) is 0 Å². The number of fused-ring (bicyclic) bond motifs is 1. The number of nitrogens with zero attached hydrogens (tertiary/aromatic N) is 1. The zero-order valence-electron chi connectivity index (χ0n) is 13.0. The Bertz CT molecular complexity index is 770. The van der Waals surface area contributed by atoms with Crippen molar-refractivity contribution in [3.8, 4) is 0 Å². The van der Waals surface area contributed by atoms with Gasteiger partial charge in [-0.3, -0.25) is 0 Å². The van der Waals surface area contributed by atoms with Crippen LogP contribution in [0.4, 0.5) is 0 Å². The smallest absolute Gasteiger partial charge is 0.243 e. The number of hydrogen-bond acceptors (Lipinski definition) is 4. The van der Waals surface area contributed by atoms with Gasteiger partial charge < -0.3 is 10.4 Å². The maximum absolute atomic E-state index is 13.1. The van der Waals surface area contributed by atoms with Gasteiger partial charge in [-0.25, -0.2) is 8.42 Å². The number of aliphatic hydroxyl groups is 1. The molecule has 0 bridgehead atoms. The number of sulfonamides is 1. The fourth-order valence-corrected chi connectivity index (χ4v) is 4.87. The molecule has 1 aliphatic rings. The molecule has 2 aromatic carbocycles. The van der Waals surface area contributed by atoms with Gasteiger partial charge in [0, 0.05) is 12.6 Å². The molecule has 1 aliphatic heterocycles. The van der Waals surface area contributed by atoms with Gasteiger partial charge in [0.25, 0.3) is 0 Å². The van der Waals surface area contributed by atoms with Crippen LogP contribution in [-0.2, 0) is 10.0 Å². The van der Waals surface area contributed by atoms with E-state index in [4.69, 9.17) is 0 Å². The highest BCUT2D eigenvalue weighted by Crippen LogP contribution is 2.25. The summed E-state index contributed by atoms with van der Waals surface area (Å²) in [5.74, 6) is 0. The highest BCUT2D eigenvalue weighted by Gasteiger charge is 2.31. The lowest BCUT2D eigenvalue weighted by molar-refractivity contribution is 0.204. The molecule has 124 valence electrons. The Labute approximate surface area is 137 Å². The Hall–Kier alpha value is -1.47. The second-order valence-electron chi connectivity index (χ2n) is 5.83. The van der Waals surface area contributed by atoms with E-state index >= 15 is 0 Å². The first kappa shape index (κ1) is 16.4. The molecule has 0 amide bonds. The van der Waals surface area contributed by atoms with E-state index in [1.54, 1.807) is 12.1 Å². The fraction of sp³-hybridized carbons (Fsp3) is 0.412. The molecule has 1 heterocycles. The van der Waals surface area contributed by atoms with E-state index in [9.17, 15) is 13.5 Å². The highest BCUT2D eigenvalue weighted by atomic mass is 32.2. The third kappa shape index (κ3) is 3.40. The van der Waals surface area contributed by atoms with Gasteiger partial charge in [0.1, 0.15) is 0 Å². The van der Waals surface area contributed by atoms with Gasteiger partial charge in [0.15, 0.2) is 0 Å². The first-order valence-electron chi connectivity index (χ1n) is 7.95. The van der Waals surface area contributed by atoms with Crippen molar-refractivity contribution in [3.63, 3.8) is 0 Å². The van der Waals surface area contributed by atoms with E-state index in [2.05, 4.69) is 5.32 Å². The Balaban J connectivity index is 1.98. The summed E-state index contributed by atoms with van der Waals surface area (Å²) in [7, 11) is -3.61. The summed E-state index contributed by atoms with van der Waals surface area (Å²) in [5.41, 5.74) is 0. The van der Waals surface area contributed by atoms with Gasteiger partial charge in [-0.15, -0.1) is 0 Å². The van der Waals surface area contributed by atoms with Crippen LogP contribution in [0.5, 0.6) is 0 Å². The molecule has 2 N–H and O–H groups in total. The Morgan fingerprint density at radius 1 is 1.09 bits per heavy atom. The summed E-state index contributed by atoms with van der Waals surface area (Å²) < 4.78 is 27.6. The SMILES string of the molecule is O=S(=O)(c1ccc2ccccc2c1)N(CCO)C1CCNCC1. The number of nitrogens with one attached hydrogen (secondary N) is 1. The molecule has 0 saturated carbocycles. The van der Waals surface area contributed by atoms with Gasteiger partial charge in [-0.05, 0) is 48.8 Å². The van der Waals surface area contributed by atoms with Crippen molar-refractivity contribution in [2.45, 2.75) is 23.8 Å². The van der Waals surface area contributed by atoms with E-state index in [1.165, 1.54) is 4.31 Å². The number of rotatable bonds is 5. The van der Waals surface area contributed by atoms with Gasteiger partial charge in [0.05, 0.1) is 11.5 Å². The molecule has 23 heavy (non-hydrogen) atoms. The van der Waals surface area contributed by atoms with Crippen molar-refractivity contribution >= 4 is 20.8 Å². The third-order valence-corrected chi connectivity index (χ3v) is 6.31. The number of aliphatic hydroxyl groups excluding tert-OH is 1. The lowest BCUT2D eigenvalue weighted by Gasteiger charge is -2.33. The molecule has 0 aromatic heterocycles. The third-order valence-electron chi connectivity index (χ3n) is 4.36. The molecular weight excluding hydrogens is 312 g/mol. The zero-order chi connectivity index (χ0) is 16.3. The van der Waals surface area contributed by atoms with Crippen LogP contribution in [0.2, 0.25) is 0 Å². The van der Waals surface area contributed by atoms with Crippen LogP contribution >= 0.6 is 0 Å². The van der Waals surface area contributed by atoms with Gasteiger partial charge in [-0.2, -0.15) is 4.31 Å². The molecule has 0 spiro atoms. The molecule has 0 radical (unpaired) electrons. The van der Waals surface area contributed by atoms with E-state index in [1.807, 2.05) is 30.3 Å². The maximum atomic E-state index is 13.1. The zero-order valence-corrected chi connectivity index (χ0v) is 13.8. The Morgan fingerprint density at radius 2 is 1.78 bits per heavy atom. The quantitative estimate of drug-likeness (QED) is 0.871. The molecule has 1 fully saturated rings. The number of piperidine rings is 1. The highest BCUT2D eigenvalue weighted by molar-refractivity contribution is 7.89. The molecule has 0 unspecified atom stereocenters. The normalized spacial score (nSPS) is 17.0. The fourth-order valence-electron chi connectivity index (χ4n) is 3.16. The minimum absolute atomic E-state index is 0.0557. The van der Waals surface area contributed by atoms with Gasteiger partial charge in [-0.1, -0.05) is 30.3 Å². The Kier molecular flexibility index (Phi) is 4.96. The average molecular weight is 334 g/mol. The van der Waals surface area contributed by atoms with Crippen molar-refractivity contribution in [1.29, 1.82) is 0 Å². The van der Waals surface area contributed by atoms with Crippen molar-refractivity contribution in [2.24, 2.45) is 0 Å². The summed E-state index contributed by atoms with van der Waals surface area (Å²) in [6.07, 6.45) is 1.54. The van der Waals surface area contributed by atoms with Crippen molar-refractivity contribution in [1.82, 2.24) is 9.62 Å². The molecule has 2 aromatic rings. The van der Waals surface area contributed by atoms with Crippen molar-refractivity contribution < 1.29 is 13.5 Å². The lowest BCUT2D eigenvalue weighted by Crippen LogP contribution is -2.47. The summed E-state index contributed by atoms with van der Waals surface area (Å²) >= 11 is 0. The second kappa shape index (κ2) is 6.97. The van der Waals surface area contributed by atoms with Crippen LogP contribution in [0.1, 0.15) is 12.8 Å². The lowest BCUT2D eigenvalue weighted by atomic mass is 10.1. The van der Waals surface area contributed by atoms with Crippen molar-refractivity contribution in [2.75, 3.05) is 26.2 Å². The minimum Gasteiger partial charge on any atom is -0.395 e. The topological polar surface area (TPSA) is 69.6 Å². The standard InChI is InChI=1S/C17H22N2O3S/c20-12-11-19(16-7-9-18-10-8-16)23(21,22)17-6-5-14-3-1-2-4-15(14)13-17/h1-6,13,16,18,20H,7-12H2. The number of benzene rings is 2. The minimum atomic E-state index is -3.61. The predicted molar refractivity (Wildman–Crippen MR) is 90.8 cm³/mol. The van der Waals surface area contributed by atoms with Crippen molar-refractivity contribution in [3.05, 3.63) is 42.5 Å². The second-order valence-corrected chi connectivity index (χ2v) is 7.72. The summed E-state index contributed by atoms with van der Waals surface area (Å²) in [6, 6.07) is 12.9. The maximum Gasteiger partial charge on any atom is 0.243 e. The number of hydrogen-bond donors (Lipinski definition) is 2. The van der Waals surface area contributed by atoms with Crippen LogP contribution < -0.4 is 5.32 Å². The molecule has 5 nitrogen and oxygen atoms in total. The monoisotopic (exact) mass is 334 g/mol. The first-order valence-corrected chi connectivity index (χ1v) is 9.39.